The Morgan fingerprint density at radius 2 is 1.71 bits per heavy atom. The van der Waals surface area contributed by atoms with Crippen molar-refractivity contribution >= 4 is 77.3 Å². The Kier molecular flexibility index (Phi) is 6.14. The van der Waals surface area contributed by atoms with Crippen LogP contribution in [0.2, 0.25) is 0 Å². The van der Waals surface area contributed by atoms with E-state index in [0.717, 1.165) is 10.9 Å². The zero-order chi connectivity index (χ0) is 28.6. The Bertz CT molecular complexity index is 1910. The second-order valence-corrected chi connectivity index (χ2v) is 10.7. The second kappa shape index (κ2) is 9.64. The van der Waals surface area contributed by atoms with Crippen molar-refractivity contribution < 1.29 is 38.8 Å². The van der Waals surface area contributed by atoms with Gasteiger partial charge in [-0.15, -0.1) is 0 Å². The van der Waals surface area contributed by atoms with Crippen LogP contribution >= 0.6 is 15.9 Å². The summed E-state index contributed by atoms with van der Waals surface area (Å²) in [5.74, 6) is -1.63. The van der Waals surface area contributed by atoms with Gasteiger partial charge in [-0.25, -0.2) is 0 Å². The summed E-state index contributed by atoms with van der Waals surface area (Å²) in [7, 11) is 1.38. The van der Waals surface area contributed by atoms with E-state index in [9.17, 15) is 24.6 Å². The molecule has 210 valence electrons. The standard InChI is InChI=1S/C29H24BrN3O8/c1-39-25-16(11-34)40-29(24(36)26(25)41-17(35)10-30)33-15-9-5-3-7-13(15)19-21-20(27(37)32-28(21)38)18-12-6-2-4-8-14(12)31-22(18)23(19)33/h2-9,16,24-26,29,31,34,36H,10-11H2,1H3,(H,32,37,38)/t16-,24-,25-,26-,29-/m1/s1. The monoisotopic (exact) mass is 621 g/mol. The van der Waals surface area contributed by atoms with Crippen molar-refractivity contribution in [2.24, 2.45) is 0 Å². The maximum atomic E-state index is 13.3. The van der Waals surface area contributed by atoms with Crippen LogP contribution in [0.5, 0.6) is 0 Å². The number of H-pyrrole nitrogens is 1. The van der Waals surface area contributed by atoms with Gasteiger partial charge < -0.3 is 34.0 Å². The molecule has 7 rings (SSSR count). The number of esters is 1. The zero-order valence-corrected chi connectivity index (χ0v) is 23.2. The molecule has 3 aromatic carbocycles. The molecule has 2 aliphatic heterocycles. The summed E-state index contributed by atoms with van der Waals surface area (Å²) in [5, 5.41) is 26.8. The van der Waals surface area contributed by atoms with Crippen molar-refractivity contribution in [2.45, 2.75) is 30.6 Å². The molecule has 0 saturated carbocycles. The van der Waals surface area contributed by atoms with Gasteiger partial charge in [0.25, 0.3) is 11.8 Å². The molecule has 0 unspecified atom stereocenters. The number of ether oxygens (including phenoxy) is 3. The van der Waals surface area contributed by atoms with Gasteiger partial charge in [0.15, 0.2) is 12.3 Å². The Labute approximate surface area is 240 Å². The average molecular weight is 622 g/mol. The van der Waals surface area contributed by atoms with E-state index >= 15 is 0 Å². The fourth-order valence-corrected chi connectivity index (χ4v) is 6.54. The Morgan fingerprint density at radius 1 is 1.02 bits per heavy atom. The molecule has 5 aromatic rings. The van der Waals surface area contributed by atoms with E-state index in [2.05, 4.69) is 26.2 Å². The summed E-state index contributed by atoms with van der Waals surface area (Å²) < 4.78 is 19.2. The molecule has 5 atom stereocenters. The first-order valence-electron chi connectivity index (χ1n) is 13.0. The SMILES string of the molecule is CO[C@H]1[C@H](OC(=O)CBr)[C@@H](O)[C@H](n2c3ccccc3c3c4c(c5c6ccccc6[nH]c5c32)C(=O)NC4=O)O[C@@H]1CO. The van der Waals surface area contributed by atoms with Gasteiger partial charge in [0, 0.05) is 34.2 Å². The number of aromatic amines is 1. The van der Waals surface area contributed by atoms with Crippen LogP contribution in [-0.4, -0.2) is 81.0 Å². The highest BCUT2D eigenvalue weighted by Crippen LogP contribution is 2.46. The number of carbonyl (C=O) groups is 3. The van der Waals surface area contributed by atoms with Crippen LogP contribution in [0.1, 0.15) is 26.9 Å². The molecular formula is C29H24BrN3O8. The van der Waals surface area contributed by atoms with Crippen molar-refractivity contribution in [3.8, 4) is 0 Å². The molecule has 0 radical (unpaired) electrons. The number of nitrogens with one attached hydrogen (secondary N) is 2. The molecule has 12 heteroatoms. The van der Waals surface area contributed by atoms with Crippen molar-refractivity contribution in [2.75, 3.05) is 19.0 Å². The van der Waals surface area contributed by atoms with Crippen molar-refractivity contribution in [3.05, 3.63) is 59.7 Å². The van der Waals surface area contributed by atoms with Crippen LogP contribution in [0, 0.1) is 0 Å². The van der Waals surface area contributed by atoms with Crippen molar-refractivity contribution in [3.63, 3.8) is 0 Å². The fourth-order valence-electron chi connectivity index (χ4n) is 6.41. The van der Waals surface area contributed by atoms with Crippen LogP contribution in [0.15, 0.2) is 48.5 Å². The van der Waals surface area contributed by atoms with E-state index in [4.69, 9.17) is 14.2 Å². The summed E-state index contributed by atoms with van der Waals surface area (Å²) in [6.07, 6.45) is -5.72. The number of aromatic nitrogens is 2. The molecule has 4 heterocycles. The van der Waals surface area contributed by atoms with Crippen LogP contribution in [-0.2, 0) is 19.0 Å². The summed E-state index contributed by atoms with van der Waals surface area (Å²) in [6, 6.07) is 14.7. The molecule has 0 bridgehead atoms. The molecule has 0 aliphatic carbocycles. The number of amides is 2. The number of para-hydroxylation sites is 2. The van der Waals surface area contributed by atoms with E-state index in [1.54, 1.807) is 4.57 Å². The van der Waals surface area contributed by atoms with Crippen LogP contribution in [0.3, 0.4) is 0 Å². The number of imide groups is 1. The van der Waals surface area contributed by atoms with E-state index < -0.39 is 55.0 Å². The van der Waals surface area contributed by atoms with Crippen molar-refractivity contribution in [1.29, 1.82) is 0 Å². The summed E-state index contributed by atoms with van der Waals surface area (Å²) >= 11 is 3.09. The summed E-state index contributed by atoms with van der Waals surface area (Å²) in [6.45, 7) is -0.477. The maximum absolute atomic E-state index is 13.3. The number of benzene rings is 3. The zero-order valence-electron chi connectivity index (χ0n) is 21.6. The topological polar surface area (TPSA) is 152 Å². The Morgan fingerprint density at radius 3 is 2.41 bits per heavy atom. The lowest BCUT2D eigenvalue weighted by atomic mass is 9.96. The molecule has 4 N–H and O–H groups in total. The predicted molar refractivity (Wildman–Crippen MR) is 152 cm³/mol. The van der Waals surface area contributed by atoms with Gasteiger partial charge in [-0.1, -0.05) is 52.3 Å². The highest BCUT2D eigenvalue weighted by Gasteiger charge is 2.49. The lowest BCUT2D eigenvalue weighted by molar-refractivity contribution is -0.260. The number of carbonyl (C=O) groups excluding carboxylic acids is 3. The van der Waals surface area contributed by atoms with Gasteiger partial charge >= 0.3 is 5.97 Å². The molecule has 2 aromatic heterocycles. The molecule has 2 amide bonds. The second-order valence-electron chi connectivity index (χ2n) is 10.1. The maximum Gasteiger partial charge on any atom is 0.317 e. The number of aliphatic hydroxyl groups is 2. The number of rotatable bonds is 5. The molecule has 2 aliphatic rings. The minimum Gasteiger partial charge on any atom is -0.456 e. The van der Waals surface area contributed by atoms with Crippen LogP contribution < -0.4 is 5.32 Å². The largest absolute Gasteiger partial charge is 0.456 e. The smallest absolute Gasteiger partial charge is 0.317 e. The number of hydrogen-bond acceptors (Lipinski definition) is 8. The highest BCUT2D eigenvalue weighted by molar-refractivity contribution is 9.09. The third kappa shape index (κ3) is 3.61. The molecule has 1 fully saturated rings. The van der Waals surface area contributed by atoms with E-state index in [0.29, 0.717) is 32.7 Å². The Hall–Kier alpha value is -3.81. The van der Waals surface area contributed by atoms with Crippen molar-refractivity contribution in [1.82, 2.24) is 14.9 Å². The Balaban J connectivity index is 1.60. The number of halogens is 1. The predicted octanol–water partition coefficient (Wildman–Crippen LogP) is 2.88. The number of fused-ring (bicyclic) bond motifs is 10. The summed E-state index contributed by atoms with van der Waals surface area (Å²) in [5.41, 5.74) is 2.95. The molecule has 41 heavy (non-hydrogen) atoms. The van der Waals surface area contributed by atoms with Gasteiger partial charge in [0.1, 0.15) is 23.6 Å². The first-order chi connectivity index (χ1) is 19.9. The average Bonchev–Trinajstić information content (AvgIpc) is 3.62. The van der Waals surface area contributed by atoms with E-state index in [1.165, 1.54) is 7.11 Å². The first-order valence-corrected chi connectivity index (χ1v) is 14.1. The third-order valence-electron chi connectivity index (χ3n) is 8.00. The normalized spacial score (nSPS) is 24.4. The van der Waals surface area contributed by atoms with Gasteiger partial charge in [0.2, 0.25) is 0 Å². The van der Waals surface area contributed by atoms with Gasteiger partial charge in [-0.05, 0) is 12.1 Å². The van der Waals surface area contributed by atoms with Gasteiger partial charge in [-0.3, -0.25) is 19.7 Å². The molecule has 11 nitrogen and oxygen atoms in total. The first kappa shape index (κ1) is 26.1. The molecule has 1 saturated heterocycles. The highest BCUT2D eigenvalue weighted by atomic mass is 79.9. The minimum atomic E-state index is -1.44. The molecule has 0 spiro atoms. The lowest BCUT2D eigenvalue weighted by Crippen LogP contribution is -2.58. The summed E-state index contributed by atoms with van der Waals surface area (Å²) in [4.78, 5) is 42.3. The van der Waals surface area contributed by atoms with Gasteiger partial charge in [-0.2, -0.15) is 0 Å². The minimum absolute atomic E-state index is 0.109. The number of alkyl halides is 1. The molecular weight excluding hydrogens is 598 g/mol. The third-order valence-corrected chi connectivity index (χ3v) is 8.46. The number of hydrogen-bond donors (Lipinski definition) is 4. The fraction of sp³-hybridized carbons (Fsp3) is 0.276. The van der Waals surface area contributed by atoms with Crippen LogP contribution in [0.25, 0.3) is 43.6 Å². The van der Waals surface area contributed by atoms with Gasteiger partial charge in [0.05, 0.1) is 34.3 Å². The van der Waals surface area contributed by atoms with E-state index in [1.807, 2.05) is 48.5 Å². The lowest BCUT2D eigenvalue weighted by Gasteiger charge is -2.43. The van der Waals surface area contributed by atoms with E-state index in [-0.39, 0.29) is 16.5 Å². The number of aliphatic hydroxyl groups excluding tert-OH is 2. The quantitative estimate of drug-likeness (QED) is 0.133. The van der Waals surface area contributed by atoms with Crippen LogP contribution in [0.4, 0.5) is 0 Å². The number of methoxy groups -OCH3 is 1. The number of nitrogens with zero attached hydrogens (tertiary/aromatic N) is 1.